The van der Waals surface area contributed by atoms with E-state index in [-0.39, 0.29) is 12.5 Å². The number of anilines is 2. The topological polar surface area (TPSA) is 104 Å². The van der Waals surface area contributed by atoms with E-state index in [4.69, 9.17) is 11.6 Å². The van der Waals surface area contributed by atoms with Gasteiger partial charge in [0.25, 0.3) is 5.91 Å². The minimum Gasteiger partial charge on any atom is -0.396 e. The van der Waals surface area contributed by atoms with Crippen LogP contribution in [0.5, 0.6) is 0 Å². The van der Waals surface area contributed by atoms with E-state index in [0.29, 0.717) is 33.6 Å². The van der Waals surface area contributed by atoms with Crippen molar-refractivity contribution < 1.29 is 9.90 Å². The van der Waals surface area contributed by atoms with Crippen LogP contribution >= 0.6 is 22.9 Å². The van der Waals surface area contributed by atoms with Gasteiger partial charge in [-0.05, 0) is 45.1 Å². The van der Waals surface area contributed by atoms with Crippen molar-refractivity contribution in [2.24, 2.45) is 5.92 Å². The number of aliphatic hydroxyl groups excluding tert-OH is 1. The van der Waals surface area contributed by atoms with Crippen LogP contribution in [0, 0.1) is 19.8 Å². The molecule has 4 heterocycles. The number of aryl methyl sites for hydroxylation is 2. The first-order chi connectivity index (χ1) is 15.9. The zero-order chi connectivity index (χ0) is 23.4. The lowest BCUT2D eigenvalue weighted by Gasteiger charge is -2.32. The molecule has 1 fully saturated rings. The molecule has 1 aliphatic rings. The molecule has 0 unspecified atom stereocenters. The average Bonchev–Trinajstić information content (AvgIpc) is 3.25. The summed E-state index contributed by atoms with van der Waals surface area (Å²) in [4.78, 5) is 33.3. The first kappa shape index (κ1) is 23.5. The number of halogens is 1. The van der Waals surface area contributed by atoms with Crippen molar-refractivity contribution in [3.8, 4) is 0 Å². The van der Waals surface area contributed by atoms with Crippen molar-refractivity contribution in [3.05, 3.63) is 56.6 Å². The van der Waals surface area contributed by atoms with Crippen molar-refractivity contribution in [3.63, 3.8) is 0 Å². The van der Waals surface area contributed by atoms with Crippen LogP contribution in [0.3, 0.4) is 0 Å². The number of aliphatic hydroxyl groups is 1. The first-order valence-electron chi connectivity index (χ1n) is 11.0. The van der Waals surface area contributed by atoms with Crippen LogP contribution in [0.2, 0.25) is 5.02 Å². The molecule has 0 aliphatic carbocycles. The SMILES string of the molecule is Cc1nc(Cc2ncc(C(=O)Nc3c(Cl)ccnc3C)s2)cc(N2CCC(CCO)CC2)n1. The summed E-state index contributed by atoms with van der Waals surface area (Å²) in [6.07, 6.45) is 6.70. The Kier molecular flexibility index (Phi) is 7.52. The van der Waals surface area contributed by atoms with E-state index in [1.165, 1.54) is 11.3 Å². The van der Waals surface area contributed by atoms with Crippen LogP contribution in [-0.4, -0.2) is 50.6 Å². The van der Waals surface area contributed by atoms with Crippen LogP contribution in [0.25, 0.3) is 0 Å². The molecule has 0 aromatic carbocycles. The Balaban J connectivity index is 1.43. The monoisotopic (exact) mass is 486 g/mol. The molecular formula is C23H27ClN6O2S. The molecule has 0 spiro atoms. The Morgan fingerprint density at radius 3 is 2.79 bits per heavy atom. The summed E-state index contributed by atoms with van der Waals surface area (Å²) in [6, 6.07) is 3.66. The molecule has 3 aromatic rings. The van der Waals surface area contributed by atoms with E-state index >= 15 is 0 Å². The van der Waals surface area contributed by atoms with Gasteiger partial charge in [0.15, 0.2) is 0 Å². The molecule has 33 heavy (non-hydrogen) atoms. The number of hydrogen-bond acceptors (Lipinski definition) is 8. The number of hydrogen-bond donors (Lipinski definition) is 2. The minimum absolute atomic E-state index is 0.254. The second-order valence-electron chi connectivity index (χ2n) is 8.21. The molecule has 4 rings (SSSR count). The molecule has 0 bridgehead atoms. The normalized spacial score (nSPS) is 14.5. The maximum absolute atomic E-state index is 12.7. The van der Waals surface area contributed by atoms with Crippen molar-refractivity contribution in [1.29, 1.82) is 0 Å². The number of amides is 1. The van der Waals surface area contributed by atoms with Gasteiger partial charge in [0.2, 0.25) is 0 Å². The van der Waals surface area contributed by atoms with Gasteiger partial charge in [0.1, 0.15) is 16.5 Å². The fourth-order valence-corrected chi connectivity index (χ4v) is 5.08. The van der Waals surface area contributed by atoms with E-state index in [9.17, 15) is 9.90 Å². The Bertz CT molecular complexity index is 1110. The molecule has 0 saturated carbocycles. The predicted octanol–water partition coefficient (Wildman–Crippen LogP) is 4.04. The molecule has 174 valence electrons. The van der Waals surface area contributed by atoms with Gasteiger partial charge in [-0.15, -0.1) is 11.3 Å². The standard InChI is InChI=1S/C23H27ClN6O2S/c1-14-22(18(24)3-7-25-14)29-23(32)19-13-26-21(33-19)12-17-11-20(28-15(2)27-17)30-8-4-16(5-9-30)6-10-31/h3,7,11,13,16,31H,4-6,8-10,12H2,1-2H3,(H,29,32). The molecule has 1 amide bonds. The van der Waals surface area contributed by atoms with Crippen LogP contribution in [0.15, 0.2) is 24.5 Å². The molecular weight excluding hydrogens is 460 g/mol. The van der Waals surface area contributed by atoms with E-state index in [1.807, 2.05) is 13.0 Å². The number of thiazole rings is 1. The Labute approximate surface area is 202 Å². The highest BCUT2D eigenvalue weighted by molar-refractivity contribution is 7.13. The highest BCUT2D eigenvalue weighted by Crippen LogP contribution is 2.27. The van der Waals surface area contributed by atoms with E-state index in [1.54, 1.807) is 25.4 Å². The second-order valence-corrected chi connectivity index (χ2v) is 9.73. The summed E-state index contributed by atoms with van der Waals surface area (Å²) in [6.45, 7) is 5.80. The van der Waals surface area contributed by atoms with Crippen LogP contribution in [-0.2, 0) is 6.42 Å². The van der Waals surface area contributed by atoms with Gasteiger partial charge in [-0.3, -0.25) is 9.78 Å². The first-order valence-corrected chi connectivity index (χ1v) is 12.2. The molecule has 1 saturated heterocycles. The smallest absolute Gasteiger partial charge is 0.267 e. The summed E-state index contributed by atoms with van der Waals surface area (Å²) in [5, 5.41) is 13.3. The number of aromatic nitrogens is 4. The molecule has 0 radical (unpaired) electrons. The third kappa shape index (κ3) is 5.85. The summed E-state index contributed by atoms with van der Waals surface area (Å²) in [5.41, 5.74) is 2.05. The number of piperidine rings is 1. The third-order valence-electron chi connectivity index (χ3n) is 5.79. The summed E-state index contributed by atoms with van der Waals surface area (Å²) in [5.74, 6) is 1.97. The zero-order valence-electron chi connectivity index (χ0n) is 18.7. The molecule has 1 aliphatic heterocycles. The minimum atomic E-state index is -0.262. The number of nitrogens with zero attached hydrogens (tertiary/aromatic N) is 5. The van der Waals surface area contributed by atoms with Gasteiger partial charge < -0.3 is 15.3 Å². The summed E-state index contributed by atoms with van der Waals surface area (Å²) in [7, 11) is 0. The van der Waals surface area contributed by atoms with Gasteiger partial charge in [-0.1, -0.05) is 11.6 Å². The molecule has 3 aromatic heterocycles. The lowest BCUT2D eigenvalue weighted by atomic mass is 9.94. The van der Waals surface area contributed by atoms with Gasteiger partial charge in [-0.2, -0.15) is 0 Å². The number of carbonyl (C=O) groups is 1. The largest absolute Gasteiger partial charge is 0.396 e. The third-order valence-corrected chi connectivity index (χ3v) is 7.10. The van der Waals surface area contributed by atoms with E-state index in [0.717, 1.165) is 54.7 Å². The van der Waals surface area contributed by atoms with Gasteiger partial charge in [0.05, 0.1) is 33.3 Å². The highest BCUT2D eigenvalue weighted by Gasteiger charge is 2.21. The van der Waals surface area contributed by atoms with Gasteiger partial charge >= 0.3 is 0 Å². The maximum Gasteiger partial charge on any atom is 0.267 e. The van der Waals surface area contributed by atoms with E-state index in [2.05, 4.69) is 30.2 Å². The Morgan fingerprint density at radius 2 is 2.06 bits per heavy atom. The van der Waals surface area contributed by atoms with E-state index < -0.39 is 0 Å². The average molecular weight is 487 g/mol. The molecule has 8 nitrogen and oxygen atoms in total. The number of rotatable bonds is 7. The van der Waals surface area contributed by atoms with Crippen molar-refractivity contribution in [2.45, 2.75) is 39.5 Å². The number of pyridine rings is 1. The summed E-state index contributed by atoms with van der Waals surface area (Å²) >= 11 is 7.53. The van der Waals surface area contributed by atoms with Gasteiger partial charge in [-0.25, -0.2) is 15.0 Å². The quantitative estimate of drug-likeness (QED) is 0.519. The fourth-order valence-electron chi connectivity index (χ4n) is 4.01. The van der Waals surface area contributed by atoms with Crippen molar-refractivity contribution in [2.75, 3.05) is 29.9 Å². The van der Waals surface area contributed by atoms with Crippen molar-refractivity contribution in [1.82, 2.24) is 19.9 Å². The van der Waals surface area contributed by atoms with Crippen LogP contribution in [0.4, 0.5) is 11.5 Å². The zero-order valence-corrected chi connectivity index (χ0v) is 20.3. The predicted molar refractivity (Wildman–Crippen MR) is 130 cm³/mol. The maximum atomic E-state index is 12.7. The molecule has 2 N–H and O–H groups in total. The Hall–Kier alpha value is -2.62. The lowest BCUT2D eigenvalue weighted by molar-refractivity contribution is 0.103. The fraction of sp³-hybridized carbons (Fsp3) is 0.435. The number of carbonyl (C=O) groups excluding carboxylic acids is 1. The lowest BCUT2D eigenvalue weighted by Crippen LogP contribution is -2.34. The summed E-state index contributed by atoms with van der Waals surface area (Å²) < 4.78 is 0. The van der Waals surface area contributed by atoms with Gasteiger partial charge in [0, 0.05) is 38.4 Å². The Morgan fingerprint density at radius 1 is 1.27 bits per heavy atom. The van der Waals surface area contributed by atoms with Crippen molar-refractivity contribution >= 4 is 40.4 Å². The second kappa shape index (κ2) is 10.5. The number of nitrogens with one attached hydrogen (secondary N) is 1. The molecule has 0 atom stereocenters. The highest BCUT2D eigenvalue weighted by atomic mass is 35.5. The van der Waals surface area contributed by atoms with Crippen LogP contribution in [0.1, 0.15) is 51.2 Å². The molecule has 10 heteroatoms. The van der Waals surface area contributed by atoms with Crippen LogP contribution < -0.4 is 10.2 Å².